The van der Waals surface area contributed by atoms with Gasteiger partial charge in [0, 0.05) is 29.8 Å². The first-order valence-electron chi connectivity index (χ1n) is 7.09. The summed E-state index contributed by atoms with van der Waals surface area (Å²) in [5.41, 5.74) is 1.90. The van der Waals surface area contributed by atoms with E-state index in [1.165, 1.54) is 11.8 Å². The molecule has 5 nitrogen and oxygen atoms in total. The molecule has 2 rings (SSSR count). The largest absolute Gasteiger partial charge is 0.332 e. The van der Waals surface area contributed by atoms with E-state index < -0.39 is 0 Å². The van der Waals surface area contributed by atoms with E-state index in [0.29, 0.717) is 15.7 Å². The van der Waals surface area contributed by atoms with Gasteiger partial charge in [0.25, 0.3) is 5.91 Å². The van der Waals surface area contributed by atoms with Crippen LogP contribution in [-0.2, 0) is 4.79 Å². The van der Waals surface area contributed by atoms with E-state index in [0.717, 1.165) is 5.69 Å². The summed E-state index contributed by atoms with van der Waals surface area (Å²) in [4.78, 5) is 25.2. The van der Waals surface area contributed by atoms with Gasteiger partial charge >= 0.3 is 0 Å². The Labute approximate surface area is 154 Å². The molecule has 0 atom stereocenters. The van der Waals surface area contributed by atoms with Gasteiger partial charge in [-0.15, -0.1) is 0 Å². The van der Waals surface area contributed by atoms with Crippen molar-refractivity contribution in [2.24, 2.45) is 0 Å². The maximum atomic E-state index is 12.2. The molecule has 0 saturated heterocycles. The first kappa shape index (κ1) is 18.1. The third kappa shape index (κ3) is 4.62. The molecule has 2 amide bonds. The lowest BCUT2D eigenvalue weighted by atomic mass is 10.2. The number of rotatable bonds is 3. The lowest BCUT2D eigenvalue weighted by Crippen LogP contribution is -2.34. The smallest absolute Gasteiger partial charge is 0.258 e. The number of hydrogen-bond acceptors (Lipinski definition) is 3. The minimum absolute atomic E-state index is 0.0723. The van der Waals surface area contributed by atoms with Crippen molar-refractivity contribution < 1.29 is 9.59 Å². The number of nitrogens with zero attached hydrogens (tertiary/aromatic N) is 1. The van der Waals surface area contributed by atoms with E-state index in [1.807, 2.05) is 12.1 Å². The third-order valence-electron chi connectivity index (χ3n) is 3.31. The number of halogens is 1. The van der Waals surface area contributed by atoms with Gasteiger partial charge < -0.3 is 10.2 Å². The van der Waals surface area contributed by atoms with Crippen molar-refractivity contribution >= 4 is 56.4 Å². The Morgan fingerprint density at radius 1 is 1.12 bits per heavy atom. The van der Waals surface area contributed by atoms with Crippen molar-refractivity contribution in [1.82, 2.24) is 5.32 Å². The van der Waals surface area contributed by atoms with Gasteiger partial charge in [-0.3, -0.25) is 14.9 Å². The molecule has 2 N–H and O–H groups in total. The summed E-state index contributed by atoms with van der Waals surface area (Å²) in [7, 11) is 1.69. The summed E-state index contributed by atoms with van der Waals surface area (Å²) < 4.78 is 0.690. The second-order valence-corrected chi connectivity index (χ2v) is 6.28. The topological polar surface area (TPSA) is 61.4 Å². The quantitative estimate of drug-likeness (QED) is 0.766. The van der Waals surface area contributed by atoms with Crippen LogP contribution in [0.5, 0.6) is 0 Å². The van der Waals surface area contributed by atoms with Gasteiger partial charge in [-0.25, -0.2) is 0 Å². The zero-order valence-corrected chi connectivity index (χ0v) is 15.6. The van der Waals surface area contributed by atoms with Crippen molar-refractivity contribution in [2.45, 2.75) is 6.92 Å². The number of thiocarbonyl (C=S) groups is 1. The van der Waals surface area contributed by atoms with Crippen LogP contribution in [-0.4, -0.2) is 24.0 Å². The molecule has 0 heterocycles. The Hall–Kier alpha value is -2.25. The Balaban J connectivity index is 2.05. The SMILES string of the molecule is CC(=O)N(C)c1cccc(NC(=S)NC(=O)c2ccccc2Br)c1. The normalized spacial score (nSPS) is 9.96. The highest BCUT2D eigenvalue weighted by Gasteiger charge is 2.11. The van der Waals surface area contributed by atoms with Gasteiger partial charge in [-0.05, 0) is 58.5 Å². The first-order valence-corrected chi connectivity index (χ1v) is 8.30. The van der Waals surface area contributed by atoms with Gasteiger partial charge in [0.05, 0.1) is 5.56 Å². The average Bonchev–Trinajstić information content (AvgIpc) is 2.54. The fourth-order valence-corrected chi connectivity index (χ4v) is 2.63. The van der Waals surface area contributed by atoms with Crippen LogP contribution in [0.3, 0.4) is 0 Å². The molecular weight excluding hydrogens is 390 g/mol. The molecule has 0 spiro atoms. The maximum Gasteiger partial charge on any atom is 0.258 e. The van der Waals surface area contributed by atoms with Crippen LogP contribution in [0.15, 0.2) is 53.0 Å². The fraction of sp³-hybridized carbons (Fsp3) is 0.118. The zero-order valence-electron chi connectivity index (χ0n) is 13.2. The minimum Gasteiger partial charge on any atom is -0.332 e. The highest BCUT2D eigenvalue weighted by atomic mass is 79.9. The predicted molar refractivity (Wildman–Crippen MR) is 103 cm³/mol. The number of benzene rings is 2. The minimum atomic E-state index is -0.308. The molecule has 0 unspecified atom stereocenters. The Morgan fingerprint density at radius 3 is 2.50 bits per heavy atom. The van der Waals surface area contributed by atoms with Crippen LogP contribution >= 0.6 is 28.1 Å². The van der Waals surface area contributed by atoms with Crippen LogP contribution < -0.4 is 15.5 Å². The van der Waals surface area contributed by atoms with E-state index in [1.54, 1.807) is 43.4 Å². The second-order valence-electron chi connectivity index (χ2n) is 5.02. The molecule has 124 valence electrons. The molecule has 2 aromatic rings. The third-order valence-corrected chi connectivity index (χ3v) is 4.20. The molecule has 24 heavy (non-hydrogen) atoms. The van der Waals surface area contributed by atoms with E-state index >= 15 is 0 Å². The fourth-order valence-electron chi connectivity index (χ4n) is 1.95. The number of nitrogens with one attached hydrogen (secondary N) is 2. The van der Waals surface area contributed by atoms with Gasteiger partial charge in [0.2, 0.25) is 5.91 Å². The van der Waals surface area contributed by atoms with Crippen molar-refractivity contribution in [3.8, 4) is 0 Å². The average molecular weight is 406 g/mol. The zero-order chi connectivity index (χ0) is 17.7. The second kappa shape index (κ2) is 8.03. The Kier molecular flexibility index (Phi) is 6.05. The molecule has 0 saturated carbocycles. The molecule has 7 heteroatoms. The molecule has 0 bridgehead atoms. The van der Waals surface area contributed by atoms with Crippen LogP contribution in [0, 0.1) is 0 Å². The molecule has 0 fully saturated rings. The lowest BCUT2D eigenvalue weighted by molar-refractivity contribution is -0.116. The predicted octanol–water partition coefficient (Wildman–Crippen LogP) is 3.56. The van der Waals surface area contributed by atoms with E-state index in [2.05, 4.69) is 26.6 Å². The maximum absolute atomic E-state index is 12.2. The van der Waals surface area contributed by atoms with Gasteiger partial charge in [-0.2, -0.15) is 0 Å². The number of carbonyl (C=O) groups excluding carboxylic acids is 2. The van der Waals surface area contributed by atoms with Crippen LogP contribution in [0.4, 0.5) is 11.4 Å². The summed E-state index contributed by atoms with van der Waals surface area (Å²) in [6, 6.07) is 14.3. The highest BCUT2D eigenvalue weighted by molar-refractivity contribution is 9.10. The monoisotopic (exact) mass is 405 g/mol. The van der Waals surface area contributed by atoms with Crippen molar-refractivity contribution in [3.05, 3.63) is 58.6 Å². The van der Waals surface area contributed by atoms with Crippen molar-refractivity contribution in [3.63, 3.8) is 0 Å². The van der Waals surface area contributed by atoms with Crippen LogP contribution in [0.2, 0.25) is 0 Å². The summed E-state index contributed by atoms with van der Waals surface area (Å²) >= 11 is 8.51. The van der Waals surface area contributed by atoms with Gasteiger partial charge in [0.15, 0.2) is 5.11 Å². The Morgan fingerprint density at radius 2 is 1.83 bits per heavy atom. The van der Waals surface area contributed by atoms with Crippen LogP contribution in [0.1, 0.15) is 17.3 Å². The number of amides is 2. The molecule has 2 aromatic carbocycles. The summed E-state index contributed by atoms with van der Waals surface area (Å²) in [6.07, 6.45) is 0. The van der Waals surface area contributed by atoms with Crippen molar-refractivity contribution in [1.29, 1.82) is 0 Å². The lowest BCUT2D eigenvalue weighted by Gasteiger charge is -2.16. The number of carbonyl (C=O) groups is 2. The highest BCUT2D eigenvalue weighted by Crippen LogP contribution is 2.19. The number of anilines is 2. The van der Waals surface area contributed by atoms with E-state index in [9.17, 15) is 9.59 Å². The standard InChI is InChI=1S/C17H16BrN3O2S/c1-11(22)21(2)13-7-5-6-12(10-13)19-17(24)20-16(23)14-8-3-4-9-15(14)18/h3-10H,1-2H3,(H2,19,20,23,24). The summed E-state index contributed by atoms with van der Waals surface area (Å²) in [5.74, 6) is -0.381. The first-order chi connectivity index (χ1) is 11.4. The van der Waals surface area contributed by atoms with Gasteiger partial charge in [0.1, 0.15) is 0 Å². The summed E-state index contributed by atoms with van der Waals surface area (Å²) in [6.45, 7) is 1.49. The molecular formula is C17H16BrN3O2S. The molecule has 0 aliphatic carbocycles. The van der Waals surface area contributed by atoms with Gasteiger partial charge in [-0.1, -0.05) is 18.2 Å². The van der Waals surface area contributed by atoms with E-state index in [-0.39, 0.29) is 16.9 Å². The van der Waals surface area contributed by atoms with Crippen LogP contribution in [0.25, 0.3) is 0 Å². The number of hydrogen-bond donors (Lipinski definition) is 2. The molecule has 0 aliphatic heterocycles. The van der Waals surface area contributed by atoms with E-state index in [4.69, 9.17) is 12.2 Å². The molecule has 0 aliphatic rings. The Bertz CT molecular complexity index is 795. The molecule has 0 radical (unpaired) electrons. The summed E-state index contributed by atoms with van der Waals surface area (Å²) in [5, 5.41) is 5.75. The molecule has 0 aromatic heterocycles. The van der Waals surface area contributed by atoms with Crippen molar-refractivity contribution in [2.75, 3.05) is 17.3 Å².